The van der Waals surface area contributed by atoms with Crippen molar-refractivity contribution in [3.8, 4) is 0 Å². The first-order valence-corrected chi connectivity index (χ1v) is 5.31. The third-order valence-corrected chi connectivity index (χ3v) is 3.15. The Morgan fingerprint density at radius 3 is 2.67 bits per heavy atom. The van der Waals surface area contributed by atoms with Gasteiger partial charge in [0.05, 0.1) is 0 Å². The molecule has 0 aromatic heterocycles. The van der Waals surface area contributed by atoms with E-state index in [0.29, 0.717) is 13.0 Å². The molecule has 82 valence electrons. The summed E-state index contributed by atoms with van der Waals surface area (Å²) in [6.45, 7) is 5.24. The van der Waals surface area contributed by atoms with E-state index in [1.807, 2.05) is 13.8 Å². The summed E-state index contributed by atoms with van der Waals surface area (Å²) in [6, 6.07) is 0. The second kappa shape index (κ2) is 3.36. The Balaban J connectivity index is 2.24. The minimum atomic E-state index is -0.533. The largest absolute Gasteiger partial charge is 0.359 e. The molecule has 4 heteroatoms. The summed E-state index contributed by atoms with van der Waals surface area (Å²) in [5, 5.41) is 2.84. The number of hydrogen-bond acceptors (Lipinski definition) is 3. The number of amides is 1. The van der Waals surface area contributed by atoms with Crippen molar-refractivity contribution in [2.45, 2.75) is 32.2 Å². The van der Waals surface area contributed by atoms with Crippen LogP contribution in [0.4, 0.5) is 0 Å². The highest BCUT2D eigenvalue weighted by molar-refractivity contribution is 5.93. The number of carbonyl (C=O) groups is 2. The van der Waals surface area contributed by atoms with Crippen LogP contribution >= 0.6 is 0 Å². The molecule has 1 heterocycles. The number of piperazine rings is 1. The van der Waals surface area contributed by atoms with Gasteiger partial charge in [-0.2, -0.15) is 0 Å². The summed E-state index contributed by atoms with van der Waals surface area (Å²) >= 11 is 0. The molecule has 0 saturated carbocycles. The molecule has 1 saturated heterocycles. The van der Waals surface area contributed by atoms with Gasteiger partial charge >= 0.3 is 0 Å². The molecule has 1 amide bonds. The Morgan fingerprint density at radius 2 is 2.07 bits per heavy atom. The van der Waals surface area contributed by atoms with E-state index in [9.17, 15) is 9.59 Å². The number of hydrogen-bond donors (Lipinski definition) is 1. The molecular formula is C11H16N2O2. The smallest absolute Gasteiger partial charge is 0.245 e. The lowest BCUT2D eigenvalue weighted by atomic mass is 9.98. The van der Waals surface area contributed by atoms with Crippen LogP contribution in [0.15, 0.2) is 11.8 Å². The van der Waals surface area contributed by atoms with Gasteiger partial charge in [0.1, 0.15) is 5.54 Å². The molecule has 1 aliphatic carbocycles. The molecule has 2 aliphatic rings. The second-order valence-corrected chi connectivity index (χ2v) is 4.57. The van der Waals surface area contributed by atoms with Crippen molar-refractivity contribution < 1.29 is 9.59 Å². The lowest BCUT2D eigenvalue weighted by Gasteiger charge is -2.43. The van der Waals surface area contributed by atoms with Gasteiger partial charge in [-0.15, -0.1) is 0 Å². The van der Waals surface area contributed by atoms with E-state index < -0.39 is 5.54 Å². The van der Waals surface area contributed by atoms with Crippen molar-refractivity contribution in [3.63, 3.8) is 0 Å². The van der Waals surface area contributed by atoms with Crippen LogP contribution in [0.2, 0.25) is 0 Å². The van der Waals surface area contributed by atoms with Crippen LogP contribution < -0.4 is 5.32 Å². The fourth-order valence-corrected chi connectivity index (χ4v) is 2.20. The first-order chi connectivity index (χ1) is 7.01. The lowest BCUT2D eigenvalue weighted by Crippen LogP contribution is -2.60. The SMILES string of the molecule is CC1(C)C(=O)NCCN1C1=CC(=O)CC1. The zero-order chi connectivity index (χ0) is 11.1. The van der Waals surface area contributed by atoms with E-state index in [1.165, 1.54) is 0 Å². The summed E-state index contributed by atoms with van der Waals surface area (Å²) in [5.41, 5.74) is 0.481. The van der Waals surface area contributed by atoms with Crippen molar-refractivity contribution in [2.75, 3.05) is 13.1 Å². The Labute approximate surface area is 89.3 Å². The van der Waals surface area contributed by atoms with E-state index in [1.54, 1.807) is 6.08 Å². The average molecular weight is 208 g/mol. The van der Waals surface area contributed by atoms with Crippen molar-refractivity contribution in [3.05, 3.63) is 11.8 Å². The van der Waals surface area contributed by atoms with Gasteiger partial charge in [0, 0.05) is 31.3 Å². The van der Waals surface area contributed by atoms with Crippen LogP contribution in [-0.2, 0) is 9.59 Å². The number of ketones is 1. The first kappa shape index (κ1) is 10.2. The summed E-state index contributed by atoms with van der Waals surface area (Å²) < 4.78 is 0. The summed E-state index contributed by atoms with van der Waals surface area (Å²) in [7, 11) is 0. The predicted molar refractivity (Wildman–Crippen MR) is 56.1 cm³/mol. The molecule has 4 nitrogen and oxygen atoms in total. The molecule has 1 fully saturated rings. The van der Waals surface area contributed by atoms with Gasteiger partial charge in [-0.05, 0) is 20.3 Å². The number of nitrogens with one attached hydrogen (secondary N) is 1. The highest BCUT2D eigenvalue weighted by atomic mass is 16.2. The van der Waals surface area contributed by atoms with Crippen LogP contribution in [0.5, 0.6) is 0 Å². The second-order valence-electron chi connectivity index (χ2n) is 4.57. The molecule has 15 heavy (non-hydrogen) atoms. The molecule has 1 N–H and O–H groups in total. The standard InChI is InChI=1S/C11H16N2O2/c1-11(2)10(15)12-5-6-13(11)8-3-4-9(14)7-8/h7H,3-6H2,1-2H3,(H,12,15). The van der Waals surface area contributed by atoms with Gasteiger partial charge in [-0.1, -0.05) is 0 Å². The van der Waals surface area contributed by atoms with E-state index in [0.717, 1.165) is 18.7 Å². The third kappa shape index (κ3) is 1.64. The van der Waals surface area contributed by atoms with Gasteiger partial charge in [0.25, 0.3) is 0 Å². The minimum absolute atomic E-state index is 0.0361. The van der Waals surface area contributed by atoms with Crippen LogP contribution in [0.3, 0.4) is 0 Å². The van der Waals surface area contributed by atoms with Crippen molar-refractivity contribution in [1.82, 2.24) is 10.2 Å². The van der Waals surface area contributed by atoms with Crippen LogP contribution in [0, 0.1) is 0 Å². The Hall–Kier alpha value is -1.32. The highest BCUT2D eigenvalue weighted by Crippen LogP contribution is 2.28. The quantitative estimate of drug-likeness (QED) is 0.680. The van der Waals surface area contributed by atoms with E-state index >= 15 is 0 Å². The molecular weight excluding hydrogens is 192 g/mol. The normalized spacial score (nSPS) is 25.2. The predicted octanol–water partition coefficient (Wildman–Crippen LogP) is 0.444. The van der Waals surface area contributed by atoms with Gasteiger partial charge < -0.3 is 10.2 Å². The monoisotopic (exact) mass is 208 g/mol. The Morgan fingerprint density at radius 1 is 1.33 bits per heavy atom. The van der Waals surface area contributed by atoms with E-state index in [-0.39, 0.29) is 11.7 Å². The highest BCUT2D eigenvalue weighted by Gasteiger charge is 2.39. The van der Waals surface area contributed by atoms with E-state index in [4.69, 9.17) is 0 Å². The van der Waals surface area contributed by atoms with Crippen molar-refractivity contribution in [2.24, 2.45) is 0 Å². The maximum atomic E-state index is 11.7. The van der Waals surface area contributed by atoms with Gasteiger partial charge in [0.15, 0.2) is 5.78 Å². The fraction of sp³-hybridized carbons (Fsp3) is 0.636. The molecule has 0 bridgehead atoms. The van der Waals surface area contributed by atoms with Crippen molar-refractivity contribution in [1.29, 1.82) is 0 Å². The number of allylic oxidation sites excluding steroid dienone is 2. The number of nitrogens with zero attached hydrogens (tertiary/aromatic N) is 1. The van der Waals surface area contributed by atoms with Gasteiger partial charge in [0.2, 0.25) is 5.91 Å². The Bertz CT molecular complexity index is 344. The molecule has 0 aromatic rings. The minimum Gasteiger partial charge on any atom is -0.359 e. The Kier molecular flexibility index (Phi) is 2.29. The number of rotatable bonds is 1. The fourth-order valence-electron chi connectivity index (χ4n) is 2.20. The third-order valence-electron chi connectivity index (χ3n) is 3.15. The summed E-state index contributed by atoms with van der Waals surface area (Å²) in [6.07, 6.45) is 3.04. The molecule has 0 radical (unpaired) electrons. The van der Waals surface area contributed by atoms with Crippen LogP contribution in [0.1, 0.15) is 26.7 Å². The zero-order valence-electron chi connectivity index (χ0n) is 9.17. The van der Waals surface area contributed by atoms with Crippen LogP contribution in [-0.4, -0.2) is 35.2 Å². The zero-order valence-corrected chi connectivity index (χ0v) is 9.17. The summed E-state index contributed by atoms with van der Waals surface area (Å²) in [5.74, 6) is 0.209. The van der Waals surface area contributed by atoms with Gasteiger partial charge in [-0.3, -0.25) is 9.59 Å². The maximum Gasteiger partial charge on any atom is 0.245 e. The number of carbonyl (C=O) groups excluding carboxylic acids is 2. The molecule has 0 spiro atoms. The van der Waals surface area contributed by atoms with Crippen LogP contribution in [0.25, 0.3) is 0 Å². The van der Waals surface area contributed by atoms with E-state index in [2.05, 4.69) is 10.2 Å². The lowest BCUT2D eigenvalue weighted by molar-refractivity contribution is -0.133. The molecule has 0 aromatic carbocycles. The summed E-state index contributed by atoms with van der Waals surface area (Å²) in [4.78, 5) is 24.9. The maximum absolute atomic E-state index is 11.7. The topological polar surface area (TPSA) is 49.4 Å². The first-order valence-electron chi connectivity index (χ1n) is 5.31. The molecule has 0 unspecified atom stereocenters. The van der Waals surface area contributed by atoms with Crippen molar-refractivity contribution >= 4 is 11.7 Å². The molecule has 0 atom stereocenters. The average Bonchev–Trinajstić information content (AvgIpc) is 2.56. The molecule has 2 rings (SSSR count). The molecule has 1 aliphatic heterocycles. The van der Waals surface area contributed by atoms with Gasteiger partial charge in [-0.25, -0.2) is 0 Å².